The van der Waals surface area contributed by atoms with Crippen LogP contribution in [0.25, 0.3) is 0 Å². The Morgan fingerprint density at radius 3 is 2.50 bits per heavy atom. The fraction of sp³-hybridized carbons (Fsp3) is 1.00. The zero-order chi connectivity index (χ0) is 14.4. The molecule has 118 valence electrons. The van der Waals surface area contributed by atoms with Gasteiger partial charge in [-0.15, -0.1) is 0 Å². The first-order chi connectivity index (χ1) is 9.67. The van der Waals surface area contributed by atoms with E-state index in [1.165, 1.54) is 64.2 Å². The third-order valence-corrected chi connectivity index (χ3v) is 5.52. The van der Waals surface area contributed by atoms with Crippen molar-refractivity contribution in [3.05, 3.63) is 0 Å². The second-order valence-corrected chi connectivity index (χ2v) is 7.46. The van der Waals surface area contributed by atoms with Gasteiger partial charge in [-0.1, -0.05) is 39.5 Å². The van der Waals surface area contributed by atoms with Crippen LogP contribution in [0.1, 0.15) is 78.1 Å². The molecule has 0 saturated heterocycles. The van der Waals surface area contributed by atoms with Crippen molar-refractivity contribution in [2.75, 3.05) is 13.6 Å². The minimum atomic E-state index is 0.140. The lowest BCUT2D eigenvalue weighted by atomic mass is 9.76. The van der Waals surface area contributed by atoms with E-state index < -0.39 is 0 Å². The summed E-state index contributed by atoms with van der Waals surface area (Å²) < 4.78 is 6.69. The molecule has 0 radical (unpaired) electrons. The molecule has 2 rings (SSSR count). The van der Waals surface area contributed by atoms with Crippen molar-refractivity contribution in [3.63, 3.8) is 0 Å². The number of nitrogens with one attached hydrogen (secondary N) is 1. The second kappa shape index (κ2) is 7.79. The van der Waals surface area contributed by atoms with Gasteiger partial charge in [-0.3, -0.25) is 0 Å². The quantitative estimate of drug-likeness (QED) is 0.772. The molecule has 1 N–H and O–H groups in total. The highest BCUT2D eigenvalue weighted by Gasteiger charge is 2.38. The Kier molecular flexibility index (Phi) is 6.35. The Morgan fingerprint density at radius 1 is 1.15 bits per heavy atom. The Morgan fingerprint density at radius 2 is 1.90 bits per heavy atom. The number of ether oxygens (including phenoxy) is 1. The maximum Gasteiger partial charge on any atom is 0.0810 e. The Bertz CT molecular complexity index is 271. The number of hydrogen-bond acceptors (Lipinski definition) is 2. The predicted molar refractivity (Wildman–Crippen MR) is 86.0 cm³/mol. The van der Waals surface area contributed by atoms with Gasteiger partial charge in [0.15, 0.2) is 0 Å². The largest absolute Gasteiger partial charge is 0.370 e. The van der Waals surface area contributed by atoms with E-state index in [-0.39, 0.29) is 5.60 Å². The number of hydrogen-bond donors (Lipinski definition) is 1. The van der Waals surface area contributed by atoms with Gasteiger partial charge in [-0.05, 0) is 57.4 Å². The van der Waals surface area contributed by atoms with Crippen LogP contribution < -0.4 is 5.32 Å². The molecule has 0 bridgehead atoms. The van der Waals surface area contributed by atoms with Gasteiger partial charge < -0.3 is 10.1 Å². The second-order valence-electron chi connectivity index (χ2n) is 7.46. The van der Waals surface area contributed by atoms with Crippen LogP contribution in [0.5, 0.6) is 0 Å². The molecule has 20 heavy (non-hydrogen) atoms. The molecule has 2 atom stereocenters. The van der Waals surface area contributed by atoms with Gasteiger partial charge >= 0.3 is 0 Å². The summed E-state index contributed by atoms with van der Waals surface area (Å²) in [7, 11) is 2.08. The van der Waals surface area contributed by atoms with Crippen molar-refractivity contribution in [1.29, 1.82) is 0 Å². The lowest BCUT2D eigenvalue weighted by Gasteiger charge is -2.44. The Labute approximate surface area is 126 Å². The third-order valence-electron chi connectivity index (χ3n) is 5.52. The summed E-state index contributed by atoms with van der Waals surface area (Å²) >= 11 is 0. The molecule has 0 aliphatic heterocycles. The molecule has 0 aromatic heterocycles. The topological polar surface area (TPSA) is 21.3 Å². The maximum absolute atomic E-state index is 6.69. The van der Waals surface area contributed by atoms with E-state index in [0.717, 1.165) is 18.4 Å². The molecule has 0 heterocycles. The minimum absolute atomic E-state index is 0.140. The first-order valence-electron chi connectivity index (χ1n) is 9.00. The first kappa shape index (κ1) is 16.3. The number of likely N-dealkylation sites (N-methyl/N-ethyl adjacent to an activating group) is 1. The van der Waals surface area contributed by atoms with Gasteiger partial charge in [0, 0.05) is 6.54 Å². The molecular weight excluding hydrogens is 246 g/mol. The van der Waals surface area contributed by atoms with E-state index in [0.29, 0.717) is 6.10 Å². The van der Waals surface area contributed by atoms with Gasteiger partial charge in [0.2, 0.25) is 0 Å². The predicted octanol–water partition coefficient (Wildman–Crippen LogP) is 4.53. The highest BCUT2D eigenvalue weighted by Crippen LogP contribution is 2.39. The van der Waals surface area contributed by atoms with Crippen LogP contribution in [0, 0.1) is 11.8 Å². The van der Waals surface area contributed by atoms with E-state index in [2.05, 4.69) is 26.2 Å². The summed E-state index contributed by atoms with van der Waals surface area (Å²) in [4.78, 5) is 0. The van der Waals surface area contributed by atoms with Crippen molar-refractivity contribution in [2.45, 2.75) is 89.8 Å². The van der Waals surface area contributed by atoms with Gasteiger partial charge in [0.1, 0.15) is 0 Å². The molecule has 2 saturated carbocycles. The molecule has 2 fully saturated rings. The fourth-order valence-corrected chi connectivity index (χ4v) is 4.40. The molecule has 0 aromatic carbocycles. The Hall–Kier alpha value is -0.0800. The van der Waals surface area contributed by atoms with Gasteiger partial charge in [-0.2, -0.15) is 0 Å². The summed E-state index contributed by atoms with van der Waals surface area (Å²) in [6.45, 7) is 5.74. The van der Waals surface area contributed by atoms with Gasteiger partial charge in [-0.25, -0.2) is 0 Å². The third kappa shape index (κ3) is 4.46. The highest BCUT2D eigenvalue weighted by atomic mass is 16.5. The molecule has 2 aliphatic carbocycles. The normalized spacial score (nSPS) is 38.9. The van der Waals surface area contributed by atoms with E-state index in [9.17, 15) is 0 Å². The lowest BCUT2D eigenvalue weighted by Crippen LogP contribution is -2.48. The zero-order valence-electron chi connectivity index (χ0n) is 13.9. The molecule has 2 aliphatic rings. The van der Waals surface area contributed by atoms with Gasteiger partial charge in [0.25, 0.3) is 0 Å². The summed E-state index contributed by atoms with van der Waals surface area (Å²) in [5, 5.41) is 3.40. The molecule has 2 heteroatoms. The van der Waals surface area contributed by atoms with E-state index in [1.807, 2.05) is 0 Å². The highest BCUT2D eigenvalue weighted by molar-refractivity contribution is 4.90. The standard InChI is InChI=1S/C18H35NO/c1-4-6-16-9-11-18(12-10-16,14-19-3)20-17-8-5-7-15(2)13-17/h15-17,19H,4-14H2,1-3H3. The molecule has 0 amide bonds. The number of rotatable bonds is 6. The van der Waals surface area contributed by atoms with Crippen molar-refractivity contribution in [2.24, 2.45) is 11.8 Å². The minimum Gasteiger partial charge on any atom is -0.370 e. The smallest absolute Gasteiger partial charge is 0.0810 e. The molecule has 2 nitrogen and oxygen atoms in total. The molecule has 2 unspecified atom stereocenters. The van der Waals surface area contributed by atoms with E-state index in [1.54, 1.807) is 0 Å². The Balaban J connectivity index is 1.89. The van der Waals surface area contributed by atoms with Crippen molar-refractivity contribution < 1.29 is 4.74 Å². The van der Waals surface area contributed by atoms with Gasteiger partial charge in [0.05, 0.1) is 11.7 Å². The van der Waals surface area contributed by atoms with Crippen LogP contribution in [-0.4, -0.2) is 25.3 Å². The van der Waals surface area contributed by atoms with E-state index >= 15 is 0 Å². The monoisotopic (exact) mass is 281 g/mol. The van der Waals surface area contributed by atoms with Crippen molar-refractivity contribution in [1.82, 2.24) is 5.32 Å². The maximum atomic E-state index is 6.69. The lowest BCUT2D eigenvalue weighted by molar-refractivity contribution is -0.131. The average Bonchev–Trinajstić information content (AvgIpc) is 2.42. The van der Waals surface area contributed by atoms with Crippen LogP contribution in [-0.2, 0) is 4.74 Å². The summed E-state index contributed by atoms with van der Waals surface area (Å²) in [6.07, 6.45) is 13.9. The fourth-order valence-electron chi connectivity index (χ4n) is 4.40. The van der Waals surface area contributed by atoms with E-state index in [4.69, 9.17) is 4.74 Å². The summed E-state index contributed by atoms with van der Waals surface area (Å²) in [5.41, 5.74) is 0.140. The van der Waals surface area contributed by atoms with Crippen LogP contribution >= 0.6 is 0 Å². The van der Waals surface area contributed by atoms with Crippen LogP contribution in [0.4, 0.5) is 0 Å². The summed E-state index contributed by atoms with van der Waals surface area (Å²) in [6, 6.07) is 0. The SMILES string of the molecule is CCCC1CCC(CNC)(OC2CCCC(C)C2)CC1. The molecular formula is C18H35NO. The van der Waals surface area contributed by atoms with Crippen LogP contribution in [0.15, 0.2) is 0 Å². The molecule has 0 spiro atoms. The zero-order valence-corrected chi connectivity index (χ0v) is 13.9. The van der Waals surface area contributed by atoms with Crippen molar-refractivity contribution >= 4 is 0 Å². The van der Waals surface area contributed by atoms with Crippen LogP contribution in [0.3, 0.4) is 0 Å². The summed E-state index contributed by atoms with van der Waals surface area (Å²) in [5.74, 6) is 1.82. The first-order valence-corrected chi connectivity index (χ1v) is 9.00. The molecule has 0 aromatic rings. The average molecular weight is 281 g/mol. The van der Waals surface area contributed by atoms with Crippen LogP contribution in [0.2, 0.25) is 0 Å². The van der Waals surface area contributed by atoms with Crippen molar-refractivity contribution in [3.8, 4) is 0 Å².